The van der Waals surface area contributed by atoms with Gasteiger partial charge in [-0.2, -0.15) is 0 Å². The zero-order valence-electron chi connectivity index (χ0n) is 9.11. The molecule has 0 heterocycles. The molecule has 2 bridgehead atoms. The van der Waals surface area contributed by atoms with Gasteiger partial charge in [0.25, 0.3) is 0 Å². The highest BCUT2D eigenvalue weighted by molar-refractivity contribution is 5.94. The van der Waals surface area contributed by atoms with Crippen LogP contribution in [0.25, 0.3) is 0 Å². The standard InChI is InChI=1S/C11H20N2O/c1-3-13(4-2)11-9-6-5-8(7-9)10(11)12-14/h8-9,11,14H,3-7H2,1-2H3/b12-10-. The Bertz CT molecular complexity index is 235. The lowest BCUT2D eigenvalue weighted by Crippen LogP contribution is -2.44. The lowest BCUT2D eigenvalue weighted by molar-refractivity contribution is 0.209. The molecule has 0 aromatic rings. The summed E-state index contributed by atoms with van der Waals surface area (Å²) in [5, 5.41) is 12.6. The van der Waals surface area contributed by atoms with Crippen LogP contribution in [-0.4, -0.2) is 35.0 Å². The molecule has 3 atom stereocenters. The number of hydrogen-bond acceptors (Lipinski definition) is 3. The largest absolute Gasteiger partial charge is 0.411 e. The van der Waals surface area contributed by atoms with Crippen LogP contribution in [0.15, 0.2) is 5.16 Å². The average molecular weight is 196 g/mol. The fourth-order valence-corrected chi connectivity index (χ4v) is 3.30. The molecule has 0 spiro atoms. The van der Waals surface area contributed by atoms with Crippen LogP contribution in [0.1, 0.15) is 33.1 Å². The topological polar surface area (TPSA) is 35.8 Å². The summed E-state index contributed by atoms with van der Waals surface area (Å²) in [5.74, 6) is 1.33. The first-order valence-electron chi connectivity index (χ1n) is 5.77. The molecule has 1 N–H and O–H groups in total. The van der Waals surface area contributed by atoms with E-state index >= 15 is 0 Å². The third-order valence-electron chi connectivity index (χ3n) is 3.96. The summed E-state index contributed by atoms with van der Waals surface area (Å²) >= 11 is 0. The minimum atomic E-state index is 0.439. The van der Waals surface area contributed by atoms with Crippen molar-refractivity contribution in [1.29, 1.82) is 0 Å². The van der Waals surface area contributed by atoms with E-state index in [-0.39, 0.29) is 0 Å². The van der Waals surface area contributed by atoms with E-state index in [4.69, 9.17) is 5.21 Å². The Labute approximate surface area is 85.8 Å². The van der Waals surface area contributed by atoms with Crippen LogP contribution >= 0.6 is 0 Å². The van der Waals surface area contributed by atoms with E-state index in [1.165, 1.54) is 19.3 Å². The summed E-state index contributed by atoms with van der Waals surface area (Å²) in [6.07, 6.45) is 3.81. The number of nitrogens with zero attached hydrogens (tertiary/aromatic N) is 2. The average Bonchev–Trinajstić information content (AvgIpc) is 2.79. The molecule has 3 unspecified atom stereocenters. The van der Waals surface area contributed by atoms with Crippen LogP contribution in [0.5, 0.6) is 0 Å². The van der Waals surface area contributed by atoms with Crippen molar-refractivity contribution in [1.82, 2.24) is 4.90 Å². The van der Waals surface area contributed by atoms with Crippen LogP contribution in [-0.2, 0) is 0 Å². The van der Waals surface area contributed by atoms with Gasteiger partial charge in [-0.15, -0.1) is 0 Å². The third-order valence-corrected chi connectivity index (χ3v) is 3.96. The minimum Gasteiger partial charge on any atom is -0.411 e. The van der Waals surface area contributed by atoms with E-state index in [9.17, 15) is 0 Å². The molecule has 0 aliphatic heterocycles. The van der Waals surface area contributed by atoms with Crippen LogP contribution in [0.2, 0.25) is 0 Å². The Kier molecular flexibility index (Phi) is 2.77. The van der Waals surface area contributed by atoms with Gasteiger partial charge in [0.15, 0.2) is 0 Å². The fourth-order valence-electron chi connectivity index (χ4n) is 3.30. The lowest BCUT2D eigenvalue weighted by Gasteiger charge is -2.33. The highest BCUT2D eigenvalue weighted by Crippen LogP contribution is 2.44. The molecule has 14 heavy (non-hydrogen) atoms. The summed E-state index contributed by atoms with van der Waals surface area (Å²) in [7, 11) is 0. The van der Waals surface area contributed by atoms with Gasteiger partial charge in [-0.05, 0) is 38.3 Å². The predicted octanol–water partition coefficient (Wildman–Crippen LogP) is 1.96. The zero-order chi connectivity index (χ0) is 10.1. The van der Waals surface area contributed by atoms with Crippen LogP contribution in [0.4, 0.5) is 0 Å². The first-order valence-corrected chi connectivity index (χ1v) is 5.77. The predicted molar refractivity (Wildman–Crippen MR) is 56.8 cm³/mol. The van der Waals surface area contributed by atoms with Gasteiger partial charge >= 0.3 is 0 Å². The van der Waals surface area contributed by atoms with Crippen molar-refractivity contribution in [2.45, 2.75) is 39.2 Å². The summed E-state index contributed by atoms with van der Waals surface area (Å²) < 4.78 is 0. The molecule has 0 amide bonds. The maximum atomic E-state index is 9.06. The molecule has 0 saturated heterocycles. The van der Waals surface area contributed by atoms with E-state index in [2.05, 4.69) is 23.9 Å². The van der Waals surface area contributed by atoms with Crippen LogP contribution in [0.3, 0.4) is 0 Å². The van der Waals surface area contributed by atoms with Gasteiger partial charge in [0.2, 0.25) is 0 Å². The molecular weight excluding hydrogens is 176 g/mol. The molecule has 2 aliphatic rings. The van der Waals surface area contributed by atoms with Crippen LogP contribution < -0.4 is 0 Å². The van der Waals surface area contributed by atoms with Gasteiger partial charge < -0.3 is 5.21 Å². The van der Waals surface area contributed by atoms with Crippen molar-refractivity contribution < 1.29 is 5.21 Å². The van der Waals surface area contributed by atoms with Crippen molar-refractivity contribution in [3.63, 3.8) is 0 Å². The zero-order valence-corrected chi connectivity index (χ0v) is 9.11. The van der Waals surface area contributed by atoms with E-state index < -0.39 is 0 Å². The SMILES string of the molecule is CCN(CC)C1/C(=N\O)C2CCC1C2. The molecule has 3 nitrogen and oxygen atoms in total. The molecule has 3 heteroatoms. The van der Waals surface area contributed by atoms with E-state index in [0.717, 1.165) is 24.7 Å². The Balaban J connectivity index is 2.17. The Morgan fingerprint density at radius 1 is 1.36 bits per heavy atom. The number of rotatable bonds is 3. The second kappa shape index (κ2) is 3.89. The fraction of sp³-hybridized carbons (Fsp3) is 0.909. The van der Waals surface area contributed by atoms with Gasteiger partial charge in [0, 0.05) is 5.92 Å². The summed E-state index contributed by atoms with van der Waals surface area (Å²) in [6, 6.07) is 0.439. The molecule has 2 saturated carbocycles. The smallest absolute Gasteiger partial charge is 0.0775 e. The van der Waals surface area contributed by atoms with E-state index in [0.29, 0.717) is 12.0 Å². The molecule has 0 aromatic carbocycles. The van der Waals surface area contributed by atoms with Crippen molar-refractivity contribution in [3.05, 3.63) is 0 Å². The van der Waals surface area contributed by atoms with E-state index in [1.807, 2.05) is 0 Å². The third kappa shape index (κ3) is 1.34. The van der Waals surface area contributed by atoms with Crippen LogP contribution in [0, 0.1) is 11.8 Å². The number of hydrogen-bond donors (Lipinski definition) is 1. The lowest BCUT2D eigenvalue weighted by atomic mass is 9.92. The van der Waals surface area contributed by atoms with Crippen molar-refractivity contribution in [3.8, 4) is 0 Å². The quantitative estimate of drug-likeness (QED) is 0.553. The van der Waals surface area contributed by atoms with Crippen molar-refractivity contribution in [2.75, 3.05) is 13.1 Å². The molecule has 80 valence electrons. The Hall–Kier alpha value is -0.570. The second-order valence-corrected chi connectivity index (χ2v) is 4.46. The molecular formula is C11H20N2O. The first-order chi connectivity index (χ1) is 6.81. The van der Waals surface area contributed by atoms with Gasteiger partial charge in [0.1, 0.15) is 0 Å². The van der Waals surface area contributed by atoms with Gasteiger partial charge in [-0.25, -0.2) is 0 Å². The molecule has 2 aliphatic carbocycles. The highest BCUT2D eigenvalue weighted by atomic mass is 16.4. The number of fused-ring (bicyclic) bond motifs is 2. The van der Waals surface area contributed by atoms with Gasteiger partial charge in [0.05, 0.1) is 11.8 Å². The Morgan fingerprint density at radius 2 is 2.07 bits per heavy atom. The Morgan fingerprint density at radius 3 is 2.64 bits per heavy atom. The summed E-state index contributed by atoms with van der Waals surface area (Å²) in [4.78, 5) is 2.43. The first kappa shape index (κ1) is 9.97. The monoisotopic (exact) mass is 196 g/mol. The normalized spacial score (nSPS) is 38.8. The number of oxime groups is 1. The van der Waals surface area contributed by atoms with Gasteiger partial charge in [-0.1, -0.05) is 19.0 Å². The molecule has 2 rings (SSSR count). The van der Waals surface area contributed by atoms with E-state index in [1.54, 1.807) is 0 Å². The maximum Gasteiger partial charge on any atom is 0.0775 e. The van der Waals surface area contributed by atoms with Crippen molar-refractivity contribution >= 4 is 5.71 Å². The minimum absolute atomic E-state index is 0.439. The molecule has 0 radical (unpaired) electrons. The molecule has 2 fully saturated rings. The highest BCUT2D eigenvalue weighted by Gasteiger charge is 2.47. The maximum absolute atomic E-state index is 9.06. The second-order valence-electron chi connectivity index (χ2n) is 4.46. The molecule has 0 aromatic heterocycles. The summed E-state index contributed by atoms with van der Waals surface area (Å²) in [6.45, 7) is 6.49. The summed E-state index contributed by atoms with van der Waals surface area (Å²) in [5.41, 5.74) is 1.06. The van der Waals surface area contributed by atoms with Crippen molar-refractivity contribution in [2.24, 2.45) is 17.0 Å². The van der Waals surface area contributed by atoms with Gasteiger partial charge in [-0.3, -0.25) is 4.90 Å².